The summed E-state index contributed by atoms with van der Waals surface area (Å²) in [6.07, 6.45) is 1.01. The predicted molar refractivity (Wildman–Crippen MR) is 126 cm³/mol. The van der Waals surface area contributed by atoms with Crippen LogP contribution in [0.25, 0.3) is 22.2 Å². The van der Waals surface area contributed by atoms with Crippen LogP contribution in [0.4, 0.5) is 4.39 Å². The lowest BCUT2D eigenvalue weighted by atomic mass is 10.1. The lowest BCUT2D eigenvalue weighted by Gasteiger charge is -2.13. The van der Waals surface area contributed by atoms with Gasteiger partial charge in [0.15, 0.2) is 5.82 Å². The van der Waals surface area contributed by atoms with Crippen LogP contribution >= 0.6 is 0 Å². The summed E-state index contributed by atoms with van der Waals surface area (Å²) in [5.74, 6) is 0.585. The highest BCUT2D eigenvalue weighted by Gasteiger charge is 2.19. The summed E-state index contributed by atoms with van der Waals surface area (Å²) in [4.78, 5) is 0. The number of likely N-dealkylation sites (N-methyl/N-ethyl adjacent to an activating group) is 1. The van der Waals surface area contributed by atoms with Gasteiger partial charge in [-0.1, -0.05) is 42.8 Å². The van der Waals surface area contributed by atoms with Crippen LogP contribution in [-0.2, 0) is 13.0 Å². The van der Waals surface area contributed by atoms with Gasteiger partial charge < -0.3 is 14.6 Å². The number of methoxy groups -OCH3 is 1. The number of benzene rings is 3. The predicted octanol–water partition coefficient (Wildman–Crippen LogP) is 5.96. The van der Waals surface area contributed by atoms with Crippen molar-refractivity contribution in [3.05, 3.63) is 89.2 Å². The van der Waals surface area contributed by atoms with Gasteiger partial charge >= 0.3 is 0 Å². The molecule has 4 heteroatoms. The molecular weight excluding hydrogens is 387 g/mol. The van der Waals surface area contributed by atoms with Crippen molar-refractivity contribution in [2.45, 2.75) is 26.8 Å². The summed E-state index contributed by atoms with van der Waals surface area (Å²) in [6.45, 7) is 6.68. The van der Waals surface area contributed by atoms with Crippen LogP contribution in [0.15, 0.2) is 66.7 Å². The van der Waals surface area contributed by atoms with E-state index >= 15 is 4.39 Å². The van der Waals surface area contributed by atoms with Crippen molar-refractivity contribution < 1.29 is 9.13 Å². The number of nitrogens with zero attached hydrogens (tertiary/aromatic N) is 1. The number of hydrogen-bond acceptors (Lipinski definition) is 2. The minimum atomic E-state index is -0.175. The first kappa shape index (κ1) is 21.1. The third-order valence-electron chi connectivity index (χ3n) is 5.72. The number of fused-ring (bicyclic) bond motifs is 1. The van der Waals surface area contributed by atoms with Crippen molar-refractivity contribution in [1.29, 1.82) is 0 Å². The molecule has 1 aromatic heterocycles. The van der Waals surface area contributed by atoms with E-state index in [1.807, 2.05) is 49.4 Å². The molecule has 1 N–H and O–H groups in total. The molecule has 0 saturated carbocycles. The summed E-state index contributed by atoms with van der Waals surface area (Å²) >= 11 is 0. The molecule has 0 unspecified atom stereocenters. The lowest BCUT2D eigenvalue weighted by molar-refractivity contribution is 0.415. The summed E-state index contributed by atoms with van der Waals surface area (Å²) in [7, 11) is 1.64. The summed E-state index contributed by atoms with van der Waals surface area (Å²) in [5.41, 5.74) is 5.87. The largest absolute Gasteiger partial charge is 0.497 e. The Morgan fingerprint density at radius 2 is 1.65 bits per heavy atom. The van der Waals surface area contributed by atoms with E-state index in [4.69, 9.17) is 4.74 Å². The highest BCUT2D eigenvalue weighted by atomic mass is 19.1. The van der Waals surface area contributed by atoms with Crippen LogP contribution in [0, 0.1) is 12.7 Å². The van der Waals surface area contributed by atoms with E-state index in [1.54, 1.807) is 7.11 Å². The molecule has 0 radical (unpaired) electrons. The summed E-state index contributed by atoms with van der Waals surface area (Å²) < 4.78 is 23.0. The minimum Gasteiger partial charge on any atom is -0.497 e. The molecule has 0 fully saturated rings. The fourth-order valence-corrected chi connectivity index (χ4v) is 4.03. The molecule has 0 atom stereocenters. The van der Waals surface area contributed by atoms with Crippen molar-refractivity contribution in [3.63, 3.8) is 0 Å². The van der Waals surface area contributed by atoms with Crippen molar-refractivity contribution in [2.75, 3.05) is 20.2 Å². The number of aryl methyl sites for hydroxylation is 1. The molecule has 0 saturated heterocycles. The maximum Gasteiger partial charge on any atom is 0.156 e. The molecule has 0 bridgehead atoms. The van der Waals surface area contributed by atoms with Crippen molar-refractivity contribution in [1.82, 2.24) is 9.88 Å². The van der Waals surface area contributed by atoms with Crippen LogP contribution in [0.3, 0.4) is 0 Å². The van der Waals surface area contributed by atoms with Crippen LogP contribution in [0.2, 0.25) is 0 Å². The van der Waals surface area contributed by atoms with E-state index in [1.165, 1.54) is 5.56 Å². The zero-order chi connectivity index (χ0) is 21.8. The highest BCUT2D eigenvalue weighted by Crippen LogP contribution is 2.34. The van der Waals surface area contributed by atoms with Crippen molar-refractivity contribution >= 4 is 10.9 Å². The minimum absolute atomic E-state index is 0.175. The van der Waals surface area contributed by atoms with Crippen LogP contribution < -0.4 is 10.1 Å². The second kappa shape index (κ2) is 9.36. The van der Waals surface area contributed by atoms with E-state index in [2.05, 4.69) is 41.1 Å². The van der Waals surface area contributed by atoms with Gasteiger partial charge in [0.05, 0.1) is 18.3 Å². The first-order chi connectivity index (χ1) is 15.1. The number of aromatic nitrogens is 1. The van der Waals surface area contributed by atoms with Crippen molar-refractivity contribution in [2.24, 2.45) is 0 Å². The van der Waals surface area contributed by atoms with Gasteiger partial charge in [-0.05, 0) is 74.0 Å². The molecule has 4 rings (SSSR count). The Bertz CT molecular complexity index is 1160. The number of ether oxygens (including phenoxy) is 1. The highest BCUT2D eigenvalue weighted by molar-refractivity contribution is 5.88. The first-order valence-corrected chi connectivity index (χ1v) is 10.8. The van der Waals surface area contributed by atoms with Crippen LogP contribution in [0.1, 0.15) is 23.6 Å². The lowest BCUT2D eigenvalue weighted by Crippen LogP contribution is -2.16. The molecule has 3 aromatic carbocycles. The Labute approximate surface area is 183 Å². The topological polar surface area (TPSA) is 26.2 Å². The van der Waals surface area contributed by atoms with Gasteiger partial charge in [0, 0.05) is 17.5 Å². The van der Waals surface area contributed by atoms with E-state index in [-0.39, 0.29) is 5.82 Å². The molecule has 0 aliphatic rings. The molecule has 4 aromatic rings. The fraction of sp³-hybridized carbons (Fsp3) is 0.259. The quantitative estimate of drug-likeness (QED) is 0.359. The summed E-state index contributed by atoms with van der Waals surface area (Å²) in [5, 5.41) is 4.02. The number of rotatable bonds is 8. The van der Waals surface area contributed by atoms with Gasteiger partial charge in [-0.15, -0.1) is 0 Å². The number of nitrogens with one attached hydrogen (secondary N) is 1. The maximum atomic E-state index is 15.6. The van der Waals surface area contributed by atoms with Gasteiger partial charge in [0.1, 0.15) is 5.75 Å². The average molecular weight is 417 g/mol. The second-order valence-electron chi connectivity index (χ2n) is 7.92. The van der Waals surface area contributed by atoms with E-state index < -0.39 is 0 Å². The van der Waals surface area contributed by atoms with Gasteiger partial charge in [0.2, 0.25) is 0 Å². The zero-order valence-electron chi connectivity index (χ0n) is 18.4. The van der Waals surface area contributed by atoms with Gasteiger partial charge in [-0.25, -0.2) is 4.39 Å². The number of halogens is 1. The zero-order valence-corrected chi connectivity index (χ0v) is 18.4. The number of hydrogen-bond donors (Lipinski definition) is 1. The van der Waals surface area contributed by atoms with Crippen LogP contribution in [-0.4, -0.2) is 24.8 Å². The van der Waals surface area contributed by atoms with Gasteiger partial charge in [0.25, 0.3) is 0 Å². The van der Waals surface area contributed by atoms with E-state index in [0.717, 1.165) is 47.5 Å². The summed E-state index contributed by atoms with van der Waals surface area (Å²) in [6, 6.07) is 22.2. The molecule has 0 aliphatic heterocycles. The average Bonchev–Trinajstić information content (AvgIpc) is 3.06. The molecule has 0 aliphatic carbocycles. The Balaban J connectivity index is 1.73. The first-order valence-electron chi connectivity index (χ1n) is 10.8. The molecule has 3 nitrogen and oxygen atoms in total. The van der Waals surface area contributed by atoms with Gasteiger partial charge in [-0.3, -0.25) is 0 Å². The Kier molecular flexibility index (Phi) is 6.38. The van der Waals surface area contributed by atoms with E-state index in [0.29, 0.717) is 17.6 Å². The van der Waals surface area contributed by atoms with Gasteiger partial charge in [-0.2, -0.15) is 0 Å². The second-order valence-corrected chi connectivity index (χ2v) is 7.92. The molecule has 31 heavy (non-hydrogen) atoms. The Morgan fingerprint density at radius 3 is 2.32 bits per heavy atom. The Hall–Kier alpha value is -3.11. The third kappa shape index (κ3) is 4.49. The standard InChI is InChI=1S/C27H29FN2O/c1-4-29-16-15-20-6-8-21(9-7-20)18-30-25-14-5-19(2)17-24(25)26(28)27(30)22-10-12-23(31-3)13-11-22/h5-14,17,29H,4,15-16,18H2,1-3H3. The molecule has 0 spiro atoms. The Morgan fingerprint density at radius 1 is 0.935 bits per heavy atom. The maximum absolute atomic E-state index is 15.6. The SMILES string of the molecule is CCNCCc1ccc(Cn2c(-c3ccc(OC)cc3)c(F)c3cc(C)ccc32)cc1. The van der Waals surface area contributed by atoms with Crippen LogP contribution in [0.5, 0.6) is 5.75 Å². The fourth-order valence-electron chi connectivity index (χ4n) is 4.03. The monoisotopic (exact) mass is 416 g/mol. The molecule has 0 amide bonds. The normalized spacial score (nSPS) is 11.2. The third-order valence-corrected chi connectivity index (χ3v) is 5.72. The van der Waals surface area contributed by atoms with E-state index in [9.17, 15) is 0 Å². The van der Waals surface area contributed by atoms with Crippen molar-refractivity contribution in [3.8, 4) is 17.0 Å². The molecular formula is C27H29FN2O. The molecule has 160 valence electrons. The smallest absolute Gasteiger partial charge is 0.156 e. The molecule has 1 heterocycles.